The molecule has 0 N–H and O–H groups in total. The van der Waals surface area contributed by atoms with Crippen molar-refractivity contribution in [2.75, 3.05) is 19.9 Å². The molecule has 0 atom stereocenters. The average Bonchev–Trinajstić information content (AvgIpc) is 2.14. The fraction of sp³-hybridized carbons (Fsp3) is 0.400. The van der Waals surface area contributed by atoms with Gasteiger partial charge in [-0.15, -0.1) is 0 Å². The largest absolute Gasteiger partial charge is 0.486 e. The number of halogens is 3. The predicted octanol–water partition coefficient (Wildman–Crippen LogP) is 3.23. The molecule has 2 nitrogen and oxygen atoms in total. The molecular formula is C10H12ClF2O2P. The summed E-state index contributed by atoms with van der Waals surface area (Å²) >= 11 is 5.77. The van der Waals surface area contributed by atoms with Crippen molar-refractivity contribution >= 4 is 24.0 Å². The van der Waals surface area contributed by atoms with E-state index in [0.717, 1.165) is 0 Å². The summed E-state index contributed by atoms with van der Waals surface area (Å²) in [5.41, 5.74) is 0. The van der Waals surface area contributed by atoms with Gasteiger partial charge in [0.1, 0.15) is 19.5 Å². The third kappa shape index (κ3) is 3.76. The quantitative estimate of drug-likeness (QED) is 0.784. The summed E-state index contributed by atoms with van der Waals surface area (Å²) in [6.45, 7) is 2.46. The van der Waals surface area contributed by atoms with Gasteiger partial charge in [0.2, 0.25) is 0 Å². The molecule has 1 aromatic carbocycles. The minimum absolute atomic E-state index is 0.142. The van der Waals surface area contributed by atoms with Crippen LogP contribution < -0.4 is 10.0 Å². The zero-order valence-corrected chi connectivity index (χ0v) is 10.6. The first kappa shape index (κ1) is 13.5. The van der Waals surface area contributed by atoms with Crippen LogP contribution in [0.25, 0.3) is 0 Å². The molecule has 0 saturated heterocycles. The van der Waals surface area contributed by atoms with E-state index in [0.29, 0.717) is 5.30 Å². The smallest absolute Gasteiger partial charge is 0.272 e. The number of rotatable bonds is 4. The van der Waals surface area contributed by atoms with E-state index in [4.69, 9.17) is 16.3 Å². The summed E-state index contributed by atoms with van der Waals surface area (Å²) in [5, 5.41) is 0.791. The number of hydrogen-bond donors (Lipinski definition) is 0. The summed E-state index contributed by atoms with van der Waals surface area (Å²) in [6.07, 6.45) is -2.56. The molecule has 90 valence electrons. The van der Waals surface area contributed by atoms with Crippen LogP contribution in [-0.4, -0.2) is 26.4 Å². The molecule has 1 rings (SSSR count). The van der Waals surface area contributed by atoms with Gasteiger partial charge in [-0.1, -0.05) is 11.6 Å². The summed E-state index contributed by atoms with van der Waals surface area (Å²) in [4.78, 5) is 0. The zero-order valence-electron chi connectivity index (χ0n) is 8.91. The van der Waals surface area contributed by atoms with Gasteiger partial charge in [0.25, 0.3) is 6.43 Å². The molecule has 16 heavy (non-hydrogen) atoms. The van der Waals surface area contributed by atoms with Crippen LogP contribution in [0.3, 0.4) is 0 Å². The Hall–Kier alpha value is -0.600. The van der Waals surface area contributed by atoms with Gasteiger partial charge in [0, 0.05) is 5.30 Å². The Morgan fingerprint density at radius 2 is 2.06 bits per heavy atom. The molecule has 0 aromatic heterocycles. The third-order valence-corrected chi connectivity index (χ3v) is 3.74. The van der Waals surface area contributed by atoms with Gasteiger partial charge >= 0.3 is 0 Å². The number of benzene rings is 1. The molecule has 6 heteroatoms. The molecule has 0 spiro atoms. The number of alkyl halides is 2. The summed E-state index contributed by atoms with van der Waals surface area (Å²) in [6, 6.07) is 4.56. The standard InChI is InChI=1S/C10H12ClF2O2P/c1-16(2,14)7-3-4-8(11)9(5-7)15-6-10(12)13/h3-5,10H,6H2,1-2H3. The van der Waals surface area contributed by atoms with E-state index in [1.807, 2.05) is 0 Å². The van der Waals surface area contributed by atoms with E-state index < -0.39 is 20.2 Å². The zero-order chi connectivity index (χ0) is 12.3. The van der Waals surface area contributed by atoms with Crippen molar-refractivity contribution in [3.63, 3.8) is 0 Å². The molecule has 0 heterocycles. The van der Waals surface area contributed by atoms with E-state index >= 15 is 0 Å². The van der Waals surface area contributed by atoms with Crippen LogP contribution in [0.2, 0.25) is 5.02 Å². The lowest BCUT2D eigenvalue weighted by atomic mass is 10.3. The van der Waals surface area contributed by atoms with E-state index in [1.54, 1.807) is 19.4 Å². The molecular weight excluding hydrogens is 257 g/mol. The fourth-order valence-electron chi connectivity index (χ4n) is 1.09. The van der Waals surface area contributed by atoms with Gasteiger partial charge in [0.05, 0.1) is 5.02 Å². The molecule has 0 aliphatic heterocycles. The van der Waals surface area contributed by atoms with Crippen LogP contribution in [0.5, 0.6) is 5.75 Å². The van der Waals surface area contributed by atoms with Gasteiger partial charge in [-0.2, -0.15) is 0 Å². The van der Waals surface area contributed by atoms with E-state index in [1.165, 1.54) is 12.1 Å². The first-order valence-corrected chi connectivity index (χ1v) is 7.54. The first-order chi connectivity index (χ1) is 7.30. The van der Waals surface area contributed by atoms with E-state index in [-0.39, 0.29) is 10.8 Å². The van der Waals surface area contributed by atoms with Crippen molar-refractivity contribution in [2.45, 2.75) is 6.43 Å². The second-order valence-corrected chi connectivity index (χ2v) is 7.29. The predicted molar refractivity (Wildman–Crippen MR) is 62.0 cm³/mol. The minimum atomic E-state index is -2.56. The molecule has 0 unspecified atom stereocenters. The molecule has 1 aromatic rings. The maximum Gasteiger partial charge on any atom is 0.272 e. The Balaban J connectivity index is 2.95. The van der Waals surface area contributed by atoms with Crippen LogP contribution >= 0.6 is 18.7 Å². The Labute approximate surface area is 97.9 Å². The SMILES string of the molecule is CP(C)(=O)c1ccc(Cl)c(OCC(F)F)c1. The van der Waals surface area contributed by atoms with Crippen LogP contribution in [0.15, 0.2) is 18.2 Å². The average molecular weight is 269 g/mol. The van der Waals surface area contributed by atoms with Crippen molar-refractivity contribution in [1.82, 2.24) is 0 Å². The van der Waals surface area contributed by atoms with Crippen LogP contribution in [0.1, 0.15) is 0 Å². The van der Waals surface area contributed by atoms with Crippen LogP contribution in [-0.2, 0) is 4.57 Å². The first-order valence-electron chi connectivity index (χ1n) is 4.57. The molecule has 0 aliphatic carbocycles. The Kier molecular flexibility index (Phi) is 4.34. The Morgan fingerprint density at radius 1 is 1.44 bits per heavy atom. The van der Waals surface area contributed by atoms with Gasteiger partial charge in [-0.25, -0.2) is 8.78 Å². The summed E-state index contributed by atoms with van der Waals surface area (Å²) < 4.78 is 40.5. The van der Waals surface area contributed by atoms with Crippen molar-refractivity contribution in [1.29, 1.82) is 0 Å². The van der Waals surface area contributed by atoms with E-state index in [2.05, 4.69) is 0 Å². The maximum absolute atomic E-state index is 12.0. The van der Waals surface area contributed by atoms with Crippen molar-refractivity contribution in [2.24, 2.45) is 0 Å². The van der Waals surface area contributed by atoms with Crippen molar-refractivity contribution in [3.8, 4) is 5.75 Å². The molecule has 0 bridgehead atoms. The van der Waals surface area contributed by atoms with Gasteiger partial charge in [0.15, 0.2) is 0 Å². The molecule has 0 radical (unpaired) electrons. The highest BCUT2D eigenvalue weighted by molar-refractivity contribution is 7.70. The summed E-state index contributed by atoms with van der Waals surface area (Å²) in [5.74, 6) is 0.142. The monoisotopic (exact) mass is 268 g/mol. The highest BCUT2D eigenvalue weighted by Crippen LogP contribution is 2.37. The van der Waals surface area contributed by atoms with Gasteiger partial charge in [-0.05, 0) is 31.5 Å². The highest BCUT2D eigenvalue weighted by Gasteiger charge is 2.14. The molecule has 0 amide bonds. The lowest BCUT2D eigenvalue weighted by Gasteiger charge is -2.11. The van der Waals surface area contributed by atoms with Gasteiger partial charge in [-0.3, -0.25) is 0 Å². The fourth-order valence-corrected chi connectivity index (χ4v) is 2.12. The number of ether oxygens (including phenoxy) is 1. The lowest BCUT2D eigenvalue weighted by Crippen LogP contribution is -2.10. The maximum atomic E-state index is 12.0. The summed E-state index contributed by atoms with van der Waals surface area (Å²) in [7, 11) is -2.44. The molecule has 0 aliphatic rings. The van der Waals surface area contributed by atoms with E-state index in [9.17, 15) is 13.3 Å². The lowest BCUT2D eigenvalue weighted by molar-refractivity contribution is 0.0820. The normalized spacial score (nSPS) is 11.9. The highest BCUT2D eigenvalue weighted by atomic mass is 35.5. The minimum Gasteiger partial charge on any atom is -0.486 e. The topological polar surface area (TPSA) is 26.3 Å². The third-order valence-electron chi connectivity index (χ3n) is 1.90. The van der Waals surface area contributed by atoms with Crippen LogP contribution in [0.4, 0.5) is 8.78 Å². The number of hydrogen-bond acceptors (Lipinski definition) is 2. The molecule has 0 fully saturated rings. The van der Waals surface area contributed by atoms with Crippen LogP contribution in [0, 0.1) is 0 Å². The Bertz CT molecular complexity index is 417. The molecule has 0 saturated carbocycles. The van der Waals surface area contributed by atoms with Gasteiger partial charge < -0.3 is 9.30 Å². The second-order valence-electron chi connectivity index (χ2n) is 3.67. The van der Waals surface area contributed by atoms with Crippen molar-refractivity contribution < 1.29 is 18.1 Å². The second kappa shape index (κ2) is 5.15. The van der Waals surface area contributed by atoms with Crippen molar-refractivity contribution in [3.05, 3.63) is 23.2 Å². The Morgan fingerprint density at radius 3 is 2.56 bits per heavy atom.